The summed E-state index contributed by atoms with van der Waals surface area (Å²) in [6.07, 6.45) is 12.8. The topological polar surface area (TPSA) is 98.2 Å². The Morgan fingerprint density at radius 1 is 1.06 bits per heavy atom. The highest BCUT2D eigenvalue weighted by Crippen LogP contribution is 2.38. The Balaban J connectivity index is 1.38. The first-order valence-corrected chi connectivity index (χ1v) is 13.7. The molecular weight excluding hydrogens is 456 g/mol. The van der Waals surface area contributed by atoms with E-state index >= 15 is 0 Å². The SMILES string of the molecule is CCC[C@H](c1nnnn1C1CCCC1)N(Cc1cc2cc3c(cc2[nH]c1=O)OCO3)C1CCCCC1. The summed E-state index contributed by atoms with van der Waals surface area (Å²) in [4.78, 5) is 18.9. The van der Waals surface area contributed by atoms with Gasteiger partial charge in [-0.25, -0.2) is 4.68 Å². The summed E-state index contributed by atoms with van der Waals surface area (Å²) in [6.45, 7) is 3.01. The maximum atomic E-state index is 13.3. The molecule has 1 atom stereocenters. The molecule has 3 aromatic rings. The zero-order valence-electron chi connectivity index (χ0n) is 21.1. The lowest BCUT2D eigenvalue weighted by Gasteiger charge is -2.39. The summed E-state index contributed by atoms with van der Waals surface area (Å²) in [5.74, 6) is 2.37. The van der Waals surface area contributed by atoms with Crippen LogP contribution in [-0.4, -0.2) is 42.9 Å². The minimum atomic E-state index is -0.0483. The summed E-state index contributed by atoms with van der Waals surface area (Å²) in [5, 5.41) is 14.2. The van der Waals surface area contributed by atoms with Gasteiger partial charge >= 0.3 is 0 Å². The number of aromatic amines is 1. The van der Waals surface area contributed by atoms with E-state index in [1.807, 2.05) is 18.2 Å². The summed E-state index contributed by atoms with van der Waals surface area (Å²) in [7, 11) is 0. The number of benzene rings is 1. The van der Waals surface area contributed by atoms with Crippen LogP contribution < -0.4 is 15.0 Å². The van der Waals surface area contributed by atoms with E-state index in [9.17, 15) is 4.79 Å². The van der Waals surface area contributed by atoms with Crippen LogP contribution in [0.2, 0.25) is 0 Å². The van der Waals surface area contributed by atoms with Crippen molar-refractivity contribution in [3.63, 3.8) is 0 Å². The number of fused-ring (bicyclic) bond motifs is 2. The third kappa shape index (κ3) is 4.49. The number of aromatic nitrogens is 5. The van der Waals surface area contributed by atoms with Gasteiger partial charge in [-0.3, -0.25) is 9.69 Å². The third-order valence-corrected chi connectivity index (χ3v) is 8.26. The molecule has 1 aromatic carbocycles. The molecule has 192 valence electrons. The molecule has 3 heterocycles. The van der Waals surface area contributed by atoms with Crippen molar-refractivity contribution in [3.8, 4) is 11.5 Å². The highest BCUT2D eigenvalue weighted by atomic mass is 16.7. The molecule has 2 fully saturated rings. The maximum absolute atomic E-state index is 13.3. The molecule has 1 aliphatic heterocycles. The van der Waals surface area contributed by atoms with Crippen molar-refractivity contribution >= 4 is 10.9 Å². The Morgan fingerprint density at radius 2 is 1.81 bits per heavy atom. The summed E-state index contributed by atoms with van der Waals surface area (Å²) in [5.41, 5.74) is 1.49. The first-order valence-electron chi connectivity index (χ1n) is 13.7. The molecule has 0 saturated heterocycles. The average Bonchev–Trinajstić information content (AvgIpc) is 3.67. The second-order valence-electron chi connectivity index (χ2n) is 10.6. The van der Waals surface area contributed by atoms with E-state index in [1.165, 1.54) is 32.1 Å². The van der Waals surface area contributed by atoms with Crippen LogP contribution in [0.3, 0.4) is 0 Å². The molecule has 0 bridgehead atoms. The molecule has 2 aromatic heterocycles. The van der Waals surface area contributed by atoms with E-state index in [1.54, 1.807) is 0 Å². The molecule has 0 radical (unpaired) electrons. The van der Waals surface area contributed by atoms with E-state index in [0.29, 0.717) is 24.4 Å². The van der Waals surface area contributed by atoms with E-state index in [-0.39, 0.29) is 18.4 Å². The van der Waals surface area contributed by atoms with E-state index in [2.05, 4.69) is 37.0 Å². The predicted octanol–water partition coefficient (Wildman–Crippen LogP) is 5.03. The Labute approximate surface area is 211 Å². The van der Waals surface area contributed by atoms with Crippen LogP contribution in [0.4, 0.5) is 0 Å². The first-order chi connectivity index (χ1) is 17.7. The average molecular weight is 493 g/mol. The molecule has 9 nitrogen and oxygen atoms in total. The number of nitrogens with one attached hydrogen (secondary N) is 1. The van der Waals surface area contributed by atoms with Gasteiger partial charge in [0.05, 0.1) is 17.6 Å². The number of H-pyrrole nitrogens is 1. The standard InChI is InChI=1S/C27H36N6O3/c1-2-8-23(26-29-30-31-33(26)21-11-6-7-12-21)32(20-9-4-3-5-10-20)16-19-13-18-14-24-25(36-17-35-24)15-22(18)28-27(19)34/h13-15,20-21,23H,2-12,16-17H2,1H3,(H,28,34)/t23-/m1/s1. The number of pyridine rings is 1. The smallest absolute Gasteiger partial charge is 0.252 e. The van der Waals surface area contributed by atoms with Gasteiger partial charge in [0.2, 0.25) is 6.79 Å². The number of tetrazole rings is 1. The molecule has 9 heteroatoms. The van der Waals surface area contributed by atoms with E-state index in [0.717, 1.165) is 66.6 Å². The van der Waals surface area contributed by atoms with E-state index < -0.39 is 0 Å². The molecule has 2 saturated carbocycles. The zero-order chi connectivity index (χ0) is 24.5. The molecule has 0 spiro atoms. The fraction of sp³-hybridized carbons (Fsp3) is 0.630. The molecule has 2 aliphatic carbocycles. The molecule has 1 N–H and O–H groups in total. The Hall–Kier alpha value is -2.94. The number of rotatable bonds is 8. The van der Waals surface area contributed by atoms with Crippen molar-refractivity contribution in [1.82, 2.24) is 30.1 Å². The second-order valence-corrected chi connectivity index (χ2v) is 10.6. The second kappa shape index (κ2) is 10.2. The van der Waals surface area contributed by atoms with Gasteiger partial charge in [-0.2, -0.15) is 0 Å². The van der Waals surface area contributed by atoms with Crippen molar-refractivity contribution < 1.29 is 9.47 Å². The van der Waals surface area contributed by atoms with Crippen molar-refractivity contribution in [2.75, 3.05) is 6.79 Å². The minimum absolute atomic E-state index is 0.0483. The first kappa shape index (κ1) is 23.5. The summed E-state index contributed by atoms with van der Waals surface area (Å²) in [6, 6.07) is 6.73. The molecule has 3 aliphatic rings. The normalized spacial score (nSPS) is 19.5. The number of hydrogen-bond acceptors (Lipinski definition) is 7. The van der Waals surface area contributed by atoms with Gasteiger partial charge in [0, 0.05) is 29.6 Å². The van der Waals surface area contributed by atoms with Gasteiger partial charge in [-0.15, -0.1) is 5.10 Å². The quantitative estimate of drug-likeness (QED) is 0.471. The Bertz CT molecular complexity index is 1260. The lowest BCUT2D eigenvalue weighted by molar-refractivity contribution is 0.0798. The van der Waals surface area contributed by atoms with Crippen LogP contribution >= 0.6 is 0 Å². The number of hydrogen-bond donors (Lipinski definition) is 1. The monoisotopic (exact) mass is 492 g/mol. The van der Waals surface area contributed by atoms with Crippen LogP contribution in [0.5, 0.6) is 11.5 Å². The van der Waals surface area contributed by atoms with Gasteiger partial charge in [0.15, 0.2) is 17.3 Å². The summed E-state index contributed by atoms with van der Waals surface area (Å²) < 4.78 is 13.2. The Kier molecular flexibility index (Phi) is 6.65. The Morgan fingerprint density at radius 3 is 2.58 bits per heavy atom. The van der Waals surface area contributed by atoms with Crippen LogP contribution in [0, 0.1) is 0 Å². The predicted molar refractivity (Wildman–Crippen MR) is 136 cm³/mol. The van der Waals surface area contributed by atoms with Crippen LogP contribution in [-0.2, 0) is 6.54 Å². The molecular formula is C27H36N6O3. The lowest BCUT2D eigenvalue weighted by Crippen LogP contribution is -2.41. The maximum Gasteiger partial charge on any atom is 0.252 e. The molecule has 0 unspecified atom stereocenters. The molecule has 0 amide bonds. The van der Waals surface area contributed by atoms with Crippen LogP contribution in [0.1, 0.15) is 101 Å². The van der Waals surface area contributed by atoms with E-state index in [4.69, 9.17) is 9.47 Å². The van der Waals surface area contributed by atoms with Crippen molar-refractivity contribution in [2.45, 2.75) is 102 Å². The number of nitrogens with zero attached hydrogens (tertiary/aromatic N) is 5. The van der Waals surface area contributed by atoms with Crippen LogP contribution in [0.25, 0.3) is 10.9 Å². The minimum Gasteiger partial charge on any atom is -0.454 e. The van der Waals surface area contributed by atoms with Gasteiger partial charge in [-0.05, 0) is 54.7 Å². The molecule has 6 rings (SSSR count). The third-order valence-electron chi connectivity index (χ3n) is 8.26. The largest absolute Gasteiger partial charge is 0.454 e. The highest BCUT2D eigenvalue weighted by molar-refractivity contribution is 5.83. The fourth-order valence-corrected chi connectivity index (χ4v) is 6.41. The van der Waals surface area contributed by atoms with Gasteiger partial charge < -0.3 is 14.5 Å². The molecule has 36 heavy (non-hydrogen) atoms. The highest BCUT2D eigenvalue weighted by Gasteiger charge is 2.34. The van der Waals surface area contributed by atoms with Gasteiger partial charge in [0.25, 0.3) is 5.56 Å². The lowest BCUT2D eigenvalue weighted by atomic mass is 9.91. The van der Waals surface area contributed by atoms with Crippen molar-refractivity contribution in [3.05, 3.63) is 39.9 Å². The van der Waals surface area contributed by atoms with Crippen molar-refractivity contribution in [2.24, 2.45) is 0 Å². The summed E-state index contributed by atoms with van der Waals surface area (Å²) >= 11 is 0. The van der Waals surface area contributed by atoms with Gasteiger partial charge in [-0.1, -0.05) is 45.4 Å². The van der Waals surface area contributed by atoms with Gasteiger partial charge in [0.1, 0.15) is 0 Å². The zero-order valence-corrected chi connectivity index (χ0v) is 21.1. The number of ether oxygens (including phenoxy) is 2. The van der Waals surface area contributed by atoms with Crippen LogP contribution in [0.15, 0.2) is 23.0 Å². The van der Waals surface area contributed by atoms with Crippen molar-refractivity contribution in [1.29, 1.82) is 0 Å². The fourth-order valence-electron chi connectivity index (χ4n) is 6.41.